The summed E-state index contributed by atoms with van der Waals surface area (Å²) < 4.78 is 10.7. The summed E-state index contributed by atoms with van der Waals surface area (Å²) in [6.45, 7) is 0.247. The number of carbonyl (C=O) groups excluding carboxylic acids is 1. The van der Waals surface area contributed by atoms with Crippen LogP contribution in [-0.4, -0.2) is 33.6 Å². The van der Waals surface area contributed by atoms with Gasteiger partial charge in [-0.3, -0.25) is 14.9 Å². The Balaban J connectivity index is 1.83. The lowest BCUT2D eigenvalue weighted by molar-refractivity contribution is 0.111. The monoisotopic (exact) mass is 310 g/mol. The first-order valence-corrected chi connectivity index (χ1v) is 6.86. The van der Waals surface area contributed by atoms with Crippen LogP contribution in [0.4, 0.5) is 0 Å². The number of ether oxygens (including phenoxy) is 2. The molecule has 7 heteroatoms. The van der Waals surface area contributed by atoms with Crippen LogP contribution in [0.25, 0.3) is 11.3 Å². The van der Waals surface area contributed by atoms with Gasteiger partial charge in [-0.05, 0) is 12.1 Å². The molecule has 0 aliphatic carbocycles. The van der Waals surface area contributed by atoms with Crippen LogP contribution < -0.4 is 9.47 Å². The zero-order valence-corrected chi connectivity index (χ0v) is 12.4. The van der Waals surface area contributed by atoms with E-state index in [1.165, 1.54) is 19.4 Å². The summed E-state index contributed by atoms with van der Waals surface area (Å²) in [5.41, 5.74) is 3.05. The van der Waals surface area contributed by atoms with Crippen LogP contribution in [0.5, 0.6) is 11.6 Å². The zero-order chi connectivity index (χ0) is 16.1. The molecule has 0 amide bonds. The first-order chi connectivity index (χ1) is 11.3. The van der Waals surface area contributed by atoms with Crippen molar-refractivity contribution in [1.82, 2.24) is 20.2 Å². The number of aromatic amines is 1. The predicted molar refractivity (Wildman–Crippen MR) is 82.3 cm³/mol. The van der Waals surface area contributed by atoms with Crippen LogP contribution >= 0.6 is 0 Å². The maximum Gasteiger partial charge on any atom is 0.213 e. The molecule has 3 heterocycles. The molecular formula is C16H14N4O3. The largest absolute Gasteiger partial charge is 0.486 e. The van der Waals surface area contributed by atoms with E-state index in [9.17, 15) is 4.79 Å². The van der Waals surface area contributed by atoms with Crippen molar-refractivity contribution in [2.75, 3.05) is 7.11 Å². The van der Waals surface area contributed by atoms with Crippen molar-refractivity contribution in [2.45, 2.75) is 6.61 Å². The van der Waals surface area contributed by atoms with Crippen molar-refractivity contribution in [3.63, 3.8) is 0 Å². The lowest BCUT2D eigenvalue weighted by Gasteiger charge is -2.11. The highest BCUT2D eigenvalue weighted by atomic mass is 16.5. The van der Waals surface area contributed by atoms with Gasteiger partial charge in [0.25, 0.3) is 0 Å². The lowest BCUT2D eigenvalue weighted by atomic mass is 10.1. The van der Waals surface area contributed by atoms with E-state index in [-0.39, 0.29) is 6.61 Å². The quantitative estimate of drug-likeness (QED) is 0.702. The molecule has 0 radical (unpaired) electrons. The fraction of sp³-hybridized carbons (Fsp3) is 0.125. The van der Waals surface area contributed by atoms with E-state index in [4.69, 9.17) is 9.47 Å². The minimum absolute atomic E-state index is 0.247. The Morgan fingerprint density at radius 3 is 2.91 bits per heavy atom. The second-order valence-electron chi connectivity index (χ2n) is 4.67. The minimum Gasteiger partial charge on any atom is -0.486 e. The fourth-order valence-electron chi connectivity index (χ4n) is 2.13. The summed E-state index contributed by atoms with van der Waals surface area (Å²) in [7, 11) is 1.49. The highest BCUT2D eigenvalue weighted by Crippen LogP contribution is 2.24. The Labute approximate surface area is 132 Å². The summed E-state index contributed by atoms with van der Waals surface area (Å²) >= 11 is 0. The normalized spacial score (nSPS) is 10.3. The fourth-order valence-corrected chi connectivity index (χ4v) is 2.13. The molecule has 1 N–H and O–H groups in total. The number of hydrogen-bond acceptors (Lipinski definition) is 6. The number of aldehydes is 1. The van der Waals surface area contributed by atoms with Crippen LogP contribution in [0.15, 0.2) is 43.0 Å². The van der Waals surface area contributed by atoms with Gasteiger partial charge in [0.15, 0.2) is 6.29 Å². The third-order valence-electron chi connectivity index (χ3n) is 3.29. The molecule has 116 valence electrons. The van der Waals surface area contributed by atoms with Crippen molar-refractivity contribution in [3.05, 3.63) is 54.1 Å². The molecule has 0 bridgehead atoms. The van der Waals surface area contributed by atoms with Gasteiger partial charge in [-0.15, -0.1) is 0 Å². The molecule has 0 spiro atoms. The molecule has 0 fully saturated rings. The second kappa shape index (κ2) is 6.69. The summed E-state index contributed by atoms with van der Waals surface area (Å²) in [4.78, 5) is 19.3. The number of carbonyl (C=O) groups is 1. The topological polar surface area (TPSA) is 90.0 Å². The average Bonchev–Trinajstić information content (AvgIpc) is 3.14. The molecule has 23 heavy (non-hydrogen) atoms. The molecule has 3 aromatic rings. The number of H-pyrrole nitrogens is 1. The standard InChI is InChI=1S/C16H14N4O3/c1-22-16-6-11(9-21)15(8-18-16)23-10-12-7-17-4-2-13(12)14-3-5-19-20-14/h2-9H,10H2,1H3,(H,19,20). The van der Waals surface area contributed by atoms with Crippen LogP contribution in [0, 0.1) is 0 Å². The Bertz CT molecular complexity index is 803. The van der Waals surface area contributed by atoms with Crippen molar-refractivity contribution in [2.24, 2.45) is 0 Å². The summed E-state index contributed by atoms with van der Waals surface area (Å²) in [5, 5.41) is 6.86. The Kier molecular flexibility index (Phi) is 4.28. The van der Waals surface area contributed by atoms with Crippen molar-refractivity contribution < 1.29 is 14.3 Å². The van der Waals surface area contributed by atoms with E-state index >= 15 is 0 Å². The summed E-state index contributed by atoms with van der Waals surface area (Å²) in [6.07, 6.45) is 7.27. The number of aromatic nitrogens is 4. The molecule has 0 saturated carbocycles. The molecule has 0 atom stereocenters. The smallest absolute Gasteiger partial charge is 0.213 e. The van der Waals surface area contributed by atoms with E-state index in [0.717, 1.165) is 16.8 Å². The van der Waals surface area contributed by atoms with Gasteiger partial charge < -0.3 is 9.47 Å². The first-order valence-electron chi connectivity index (χ1n) is 6.86. The van der Waals surface area contributed by atoms with Crippen molar-refractivity contribution >= 4 is 6.29 Å². The number of hydrogen-bond donors (Lipinski definition) is 1. The Hall–Kier alpha value is -3.22. The van der Waals surface area contributed by atoms with Gasteiger partial charge in [-0.1, -0.05) is 0 Å². The Morgan fingerprint density at radius 2 is 2.17 bits per heavy atom. The molecule has 3 rings (SSSR count). The molecule has 0 aromatic carbocycles. The van der Waals surface area contributed by atoms with Crippen LogP contribution in [0.3, 0.4) is 0 Å². The van der Waals surface area contributed by atoms with Crippen molar-refractivity contribution in [1.29, 1.82) is 0 Å². The maximum absolute atomic E-state index is 11.2. The molecule has 7 nitrogen and oxygen atoms in total. The number of pyridine rings is 2. The average molecular weight is 310 g/mol. The number of nitrogens with one attached hydrogen (secondary N) is 1. The first kappa shape index (κ1) is 14.7. The van der Waals surface area contributed by atoms with Gasteiger partial charge in [-0.25, -0.2) is 4.98 Å². The van der Waals surface area contributed by atoms with E-state index in [0.29, 0.717) is 23.5 Å². The highest BCUT2D eigenvalue weighted by molar-refractivity contribution is 5.79. The van der Waals surface area contributed by atoms with Crippen LogP contribution in [-0.2, 0) is 6.61 Å². The predicted octanol–water partition coefficient (Wildman–Crippen LogP) is 2.27. The molecule has 3 aromatic heterocycles. The number of nitrogens with zero attached hydrogens (tertiary/aromatic N) is 3. The van der Waals surface area contributed by atoms with E-state index in [2.05, 4.69) is 20.2 Å². The van der Waals surface area contributed by atoms with Crippen LogP contribution in [0.2, 0.25) is 0 Å². The van der Waals surface area contributed by atoms with Gasteiger partial charge in [0, 0.05) is 35.8 Å². The van der Waals surface area contributed by atoms with Gasteiger partial charge >= 0.3 is 0 Å². The van der Waals surface area contributed by atoms with Crippen molar-refractivity contribution in [3.8, 4) is 22.9 Å². The molecule has 0 saturated heterocycles. The zero-order valence-electron chi connectivity index (χ0n) is 12.4. The molecular weight excluding hydrogens is 296 g/mol. The Morgan fingerprint density at radius 1 is 1.26 bits per heavy atom. The highest BCUT2D eigenvalue weighted by Gasteiger charge is 2.10. The molecule has 0 aliphatic heterocycles. The SMILES string of the molecule is COc1cc(C=O)c(OCc2cnccc2-c2ccn[nH]2)cn1. The third kappa shape index (κ3) is 3.18. The minimum atomic E-state index is 0.247. The number of methoxy groups -OCH3 is 1. The number of rotatable bonds is 6. The third-order valence-corrected chi connectivity index (χ3v) is 3.29. The molecule has 0 aliphatic rings. The summed E-state index contributed by atoms with van der Waals surface area (Å²) in [5.74, 6) is 0.749. The lowest BCUT2D eigenvalue weighted by Crippen LogP contribution is -2.02. The van der Waals surface area contributed by atoms with Gasteiger partial charge in [0.1, 0.15) is 12.4 Å². The maximum atomic E-state index is 11.2. The van der Waals surface area contributed by atoms with Crippen LogP contribution in [0.1, 0.15) is 15.9 Å². The van der Waals surface area contributed by atoms with Gasteiger partial charge in [0.2, 0.25) is 5.88 Å². The summed E-state index contributed by atoms with van der Waals surface area (Å²) in [6, 6.07) is 5.27. The van der Waals surface area contributed by atoms with Gasteiger partial charge in [-0.2, -0.15) is 5.10 Å². The second-order valence-corrected chi connectivity index (χ2v) is 4.67. The molecule has 0 unspecified atom stereocenters. The van der Waals surface area contributed by atoms with E-state index < -0.39 is 0 Å². The van der Waals surface area contributed by atoms with Gasteiger partial charge in [0.05, 0.1) is 24.6 Å². The van der Waals surface area contributed by atoms with E-state index in [1.54, 1.807) is 18.6 Å². The van der Waals surface area contributed by atoms with E-state index in [1.807, 2.05) is 12.1 Å².